The van der Waals surface area contributed by atoms with Gasteiger partial charge < -0.3 is 19.5 Å². The highest BCUT2D eigenvalue weighted by Gasteiger charge is 2.23. The molecule has 4 aromatic rings. The number of halogens is 1. The van der Waals surface area contributed by atoms with Crippen LogP contribution in [0.2, 0.25) is 0 Å². The van der Waals surface area contributed by atoms with Crippen LogP contribution in [0, 0.1) is 6.92 Å². The summed E-state index contributed by atoms with van der Waals surface area (Å²) in [5, 5.41) is 3.30. The number of amides is 3. The van der Waals surface area contributed by atoms with Gasteiger partial charge in [-0.15, -0.1) is 6.58 Å². The van der Waals surface area contributed by atoms with Gasteiger partial charge in [0.2, 0.25) is 5.91 Å². The molecule has 0 unspecified atom stereocenters. The summed E-state index contributed by atoms with van der Waals surface area (Å²) in [4.78, 5) is 42.9. The quantitative estimate of drug-likeness (QED) is 0.245. The number of carbonyl (C=O) groups excluding carboxylic acids is 2. The Morgan fingerprint density at radius 2 is 1.74 bits per heavy atom. The summed E-state index contributed by atoms with van der Waals surface area (Å²) >= 11 is 3.42. The molecular formula is C30H28BrN3O4. The molecule has 3 amide bonds. The fourth-order valence-corrected chi connectivity index (χ4v) is 4.42. The molecule has 0 radical (unpaired) electrons. The first-order valence-electron chi connectivity index (χ1n) is 12.1. The summed E-state index contributed by atoms with van der Waals surface area (Å²) in [5.41, 5.74) is 3.09. The summed E-state index contributed by atoms with van der Waals surface area (Å²) in [6, 6.07) is 21.7. The molecule has 3 aromatic carbocycles. The number of anilines is 1. The van der Waals surface area contributed by atoms with E-state index in [1.165, 1.54) is 11.2 Å². The smallest absolute Gasteiger partial charge is 0.322 e. The number of aryl methyl sites for hydroxylation is 1. The third-order valence-electron chi connectivity index (χ3n) is 6.01. The number of benzene rings is 3. The minimum absolute atomic E-state index is 0.0354. The number of para-hydroxylation sites is 1. The van der Waals surface area contributed by atoms with Crippen LogP contribution in [0.4, 0.5) is 10.5 Å². The first kappa shape index (κ1) is 26.9. The molecule has 0 atom stereocenters. The van der Waals surface area contributed by atoms with Crippen molar-refractivity contribution in [1.82, 2.24) is 9.80 Å². The fourth-order valence-electron chi connectivity index (χ4n) is 4.03. The summed E-state index contributed by atoms with van der Waals surface area (Å²) in [7, 11) is 0. The minimum atomic E-state index is -0.439. The Kier molecular flexibility index (Phi) is 8.76. The molecule has 1 heterocycles. The van der Waals surface area contributed by atoms with Crippen LogP contribution >= 0.6 is 15.9 Å². The molecule has 0 spiro atoms. The van der Waals surface area contributed by atoms with Crippen LogP contribution in [0.15, 0.2) is 105 Å². The van der Waals surface area contributed by atoms with E-state index in [0.717, 1.165) is 15.6 Å². The highest BCUT2D eigenvalue weighted by Crippen LogP contribution is 2.22. The topological polar surface area (TPSA) is 82.9 Å². The van der Waals surface area contributed by atoms with Gasteiger partial charge >= 0.3 is 6.03 Å². The Balaban J connectivity index is 1.60. The zero-order valence-corrected chi connectivity index (χ0v) is 22.6. The highest BCUT2D eigenvalue weighted by molar-refractivity contribution is 9.10. The van der Waals surface area contributed by atoms with Crippen LogP contribution in [-0.4, -0.2) is 34.8 Å². The van der Waals surface area contributed by atoms with Crippen LogP contribution in [0.3, 0.4) is 0 Å². The summed E-state index contributed by atoms with van der Waals surface area (Å²) in [6.45, 7) is 5.90. The van der Waals surface area contributed by atoms with Crippen molar-refractivity contribution in [1.29, 1.82) is 0 Å². The van der Waals surface area contributed by atoms with Gasteiger partial charge in [-0.25, -0.2) is 4.79 Å². The van der Waals surface area contributed by atoms with Crippen molar-refractivity contribution < 1.29 is 14.0 Å². The van der Waals surface area contributed by atoms with Crippen molar-refractivity contribution in [2.75, 3.05) is 18.4 Å². The van der Waals surface area contributed by atoms with E-state index in [4.69, 9.17) is 4.42 Å². The van der Waals surface area contributed by atoms with E-state index >= 15 is 0 Å². The number of hydrogen-bond acceptors (Lipinski definition) is 4. The number of carbonyl (C=O) groups is 2. The molecule has 0 saturated heterocycles. The van der Waals surface area contributed by atoms with E-state index in [9.17, 15) is 14.4 Å². The second-order valence-corrected chi connectivity index (χ2v) is 9.76. The molecule has 194 valence electrons. The SMILES string of the molecule is C=CCN(CC(=O)N(Cc1ccccc1)Cc1coc2ccc(C)cc2c1=O)C(=O)Nc1ccccc1Br. The maximum atomic E-state index is 13.6. The molecular weight excluding hydrogens is 546 g/mol. The zero-order valence-electron chi connectivity index (χ0n) is 21.0. The molecule has 38 heavy (non-hydrogen) atoms. The average molecular weight is 574 g/mol. The Morgan fingerprint density at radius 1 is 1.00 bits per heavy atom. The monoisotopic (exact) mass is 573 g/mol. The predicted molar refractivity (Wildman–Crippen MR) is 153 cm³/mol. The number of urea groups is 1. The number of rotatable bonds is 9. The third kappa shape index (κ3) is 6.58. The lowest BCUT2D eigenvalue weighted by Gasteiger charge is -2.27. The lowest BCUT2D eigenvalue weighted by Crippen LogP contribution is -2.44. The minimum Gasteiger partial charge on any atom is -0.464 e. The van der Waals surface area contributed by atoms with E-state index < -0.39 is 6.03 Å². The van der Waals surface area contributed by atoms with Crippen molar-refractivity contribution in [3.8, 4) is 0 Å². The molecule has 0 aliphatic carbocycles. The van der Waals surface area contributed by atoms with Gasteiger partial charge in [0.25, 0.3) is 0 Å². The Bertz CT molecular complexity index is 1520. The van der Waals surface area contributed by atoms with E-state index in [0.29, 0.717) is 22.2 Å². The molecule has 1 aromatic heterocycles. The van der Waals surface area contributed by atoms with Gasteiger partial charge in [-0.2, -0.15) is 0 Å². The average Bonchev–Trinajstić information content (AvgIpc) is 2.91. The van der Waals surface area contributed by atoms with Gasteiger partial charge in [-0.3, -0.25) is 9.59 Å². The summed E-state index contributed by atoms with van der Waals surface area (Å²) in [5.74, 6) is -0.318. The Labute approximate surface area is 229 Å². The van der Waals surface area contributed by atoms with Crippen LogP contribution in [0.1, 0.15) is 16.7 Å². The molecule has 4 rings (SSSR count). The molecule has 8 heteroatoms. The van der Waals surface area contributed by atoms with Crippen LogP contribution in [0.5, 0.6) is 0 Å². The first-order valence-corrected chi connectivity index (χ1v) is 12.9. The van der Waals surface area contributed by atoms with Gasteiger partial charge in [0.15, 0.2) is 5.43 Å². The van der Waals surface area contributed by atoms with E-state index in [1.54, 1.807) is 29.2 Å². The highest BCUT2D eigenvalue weighted by atomic mass is 79.9. The maximum Gasteiger partial charge on any atom is 0.322 e. The molecule has 0 aliphatic heterocycles. The Hall–Kier alpha value is -4.17. The van der Waals surface area contributed by atoms with E-state index in [2.05, 4.69) is 27.8 Å². The standard InChI is InChI=1S/C30H28BrN3O4/c1-3-15-33(30(37)32-26-12-8-7-11-25(26)31)19-28(35)34(17-22-9-5-4-6-10-22)18-23-20-38-27-14-13-21(2)16-24(27)29(23)36/h3-14,16,20H,1,15,17-19H2,2H3,(H,32,37). The summed E-state index contributed by atoms with van der Waals surface area (Å²) in [6.07, 6.45) is 2.97. The third-order valence-corrected chi connectivity index (χ3v) is 6.70. The molecule has 0 bridgehead atoms. The van der Waals surface area contributed by atoms with E-state index in [1.807, 2.05) is 61.5 Å². The van der Waals surface area contributed by atoms with Gasteiger partial charge in [-0.1, -0.05) is 60.2 Å². The van der Waals surface area contributed by atoms with Gasteiger partial charge in [0.05, 0.1) is 29.4 Å². The first-order chi connectivity index (χ1) is 18.4. The van der Waals surface area contributed by atoms with Gasteiger partial charge in [-0.05, 0) is 52.7 Å². The van der Waals surface area contributed by atoms with Crippen LogP contribution in [-0.2, 0) is 17.9 Å². The normalized spacial score (nSPS) is 10.7. The summed E-state index contributed by atoms with van der Waals surface area (Å²) < 4.78 is 6.44. The number of fused-ring (bicyclic) bond motifs is 1. The largest absolute Gasteiger partial charge is 0.464 e. The van der Waals surface area contributed by atoms with Gasteiger partial charge in [0, 0.05) is 17.6 Å². The van der Waals surface area contributed by atoms with E-state index in [-0.39, 0.29) is 37.5 Å². The maximum absolute atomic E-state index is 13.6. The predicted octanol–water partition coefficient (Wildman–Crippen LogP) is 6.11. The molecule has 0 saturated carbocycles. The van der Waals surface area contributed by atoms with Crippen molar-refractivity contribution in [2.45, 2.75) is 20.0 Å². The number of hydrogen-bond donors (Lipinski definition) is 1. The number of nitrogens with zero attached hydrogens (tertiary/aromatic N) is 2. The lowest BCUT2D eigenvalue weighted by molar-refractivity contribution is -0.133. The van der Waals surface area contributed by atoms with Crippen LogP contribution in [0.25, 0.3) is 11.0 Å². The van der Waals surface area contributed by atoms with Crippen molar-refractivity contribution in [2.24, 2.45) is 0 Å². The zero-order chi connectivity index (χ0) is 27.1. The molecule has 0 aliphatic rings. The lowest BCUT2D eigenvalue weighted by atomic mass is 10.1. The molecule has 0 fully saturated rings. The fraction of sp³-hybridized carbons (Fsp3) is 0.167. The molecule has 1 N–H and O–H groups in total. The second-order valence-electron chi connectivity index (χ2n) is 8.90. The van der Waals surface area contributed by atoms with Gasteiger partial charge in [0.1, 0.15) is 12.1 Å². The van der Waals surface area contributed by atoms with Crippen molar-refractivity contribution in [3.63, 3.8) is 0 Å². The number of nitrogens with one attached hydrogen (secondary N) is 1. The van der Waals surface area contributed by atoms with Crippen molar-refractivity contribution in [3.05, 3.63) is 123 Å². The molecule has 7 nitrogen and oxygen atoms in total. The second kappa shape index (κ2) is 12.4. The Morgan fingerprint density at radius 3 is 2.47 bits per heavy atom. The van der Waals surface area contributed by atoms with Crippen molar-refractivity contribution >= 4 is 44.5 Å². The van der Waals surface area contributed by atoms with Crippen LogP contribution < -0.4 is 10.7 Å².